The molecule has 0 saturated carbocycles. The molecule has 0 aromatic heterocycles. The molecule has 0 radical (unpaired) electrons. The molecule has 0 aliphatic heterocycles. The van der Waals surface area contributed by atoms with Crippen molar-refractivity contribution in [1.29, 1.82) is 0 Å². The summed E-state index contributed by atoms with van der Waals surface area (Å²) in [6.45, 7) is 1.85. The molecule has 2 unspecified atom stereocenters. The molecule has 1 aromatic rings. The first kappa shape index (κ1) is 14.5. The van der Waals surface area contributed by atoms with Crippen LogP contribution in [-0.2, 0) is 16.3 Å². The molecule has 1 aliphatic rings. The van der Waals surface area contributed by atoms with Gasteiger partial charge in [-0.2, -0.15) is 0 Å². The van der Waals surface area contributed by atoms with E-state index in [-0.39, 0.29) is 23.5 Å². The third kappa shape index (κ3) is 4.05. The van der Waals surface area contributed by atoms with Gasteiger partial charge in [-0.25, -0.2) is 8.42 Å². The lowest BCUT2D eigenvalue weighted by atomic mass is 9.84. The number of fused-ring (bicyclic) bond motifs is 1. The average molecular weight is 281 g/mol. The first-order valence-electron chi connectivity index (χ1n) is 7.02. The van der Waals surface area contributed by atoms with Crippen LogP contribution in [0.5, 0.6) is 0 Å². The average Bonchev–Trinajstić information content (AvgIpc) is 2.37. The van der Waals surface area contributed by atoms with Crippen LogP contribution in [0.4, 0.5) is 0 Å². The molecule has 1 aromatic carbocycles. The maximum absolute atomic E-state index is 12.2. The second kappa shape index (κ2) is 6.06. The highest BCUT2D eigenvalue weighted by atomic mass is 32.2. The lowest BCUT2D eigenvalue weighted by Gasteiger charge is -2.25. The number of rotatable bonds is 5. The van der Waals surface area contributed by atoms with E-state index in [0.29, 0.717) is 6.42 Å². The minimum Gasteiger partial charge on any atom is -0.328 e. The molecule has 2 atom stereocenters. The molecule has 0 amide bonds. The van der Waals surface area contributed by atoms with Gasteiger partial charge in [0.15, 0.2) is 9.84 Å². The zero-order valence-electron chi connectivity index (χ0n) is 11.5. The monoisotopic (exact) mass is 281 g/mol. The van der Waals surface area contributed by atoms with Gasteiger partial charge in [-0.1, -0.05) is 24.3 Å². The number of benzene rings is 1. The van der Waals surface area contributed by atoms with Gasteiger partial charge >= 0.3 is 0 Å². The van der Waals surface area contributed by atoms with E-state index in [4.69, 9.17) is 5.73 Å². The van der Waals surface area contributed by atoms with Crippen LogP contribution < -0.4 is 5.73 Å². The van der Waals surface area contributed by atoms with Gasteiger partial charge in [-0.3, -0.25) is 0 Å². The third-order valence-corrected chi connectivity index (χ3v) is 5.60. The van der Waals surface area contributed by atoms with Crippen molar-refractivity contribution in [2.24, 2.45) is 5.73 Å². The fourth-order valence-corrected chi connectivity index (χ4v) is 4.64. The summed E-state index contributed by atoms with van der Waals surface area (Å²) in [5, 5.41) is 0. The predicted octanol–water partition coefficient (Wildman–Crippen LogP) is 2.26. The van der Waals surface area contributed by atoms with E-state index in [1.807, 2.05) is 19.1 Å². The Labute approximate surface area is 116 Å². The molecule has 106 valence electrons. The standard InChI is InChI=1S/C15H23NO2S/c1-12(16)9-10-19(17,18)11-14-7-4-6-13-5-2-3-8-15(13)14/h2-3,5,8,12,14H,4,6-7,9-11,16H2,1H3. The molecule has 0 spiro atoms. The van der Waals surface area contributed by atoms with Gasteiger partial charge < -0.3 is 5.73 Å². The SMILES string of the molecule is CC(N)CCS(=O)(=O)CC1CCCc2ccccc21. The molecule has 0 bridgehead atoms. The van der Waals surface area contributed by atoms with E-state index in [0.717, 1.165) is 19.3 Å². The van der Waals surface area contributed by atoms with Crippen molar-refractivity contribution in [3.63, 3.8) is 0 Å². The van der Waals surface area contributed by atoms with Gasteiger partial charge in [0.1, 0.15) is 0 Å². The van der Waals surface area contributed by atoms with Crippen LogP contribution in [0.3, 0.4) is 0 Å². The summed E-state index contributed by atoms with van der Waals surface area (Å²) in [4.78, 5) is 0. The van der Waals surface area contributed by atoms with E-state index < -0.39 is 9.84 Å². The molecule has 19 heavy (non-hydrogen) atoms. The second-order valence-electron chi connectivity index (χ2n) is 5.67. The van der Waals surface area contributed by atoms with Gasteiger partial charge in [0, 0.05) is 6.04 Å². The summed E-state index contributed by atoms with van der Waals surface area (Å²) in [5.41, 5.74) is 8.20. The third-order valence-electron chi connectivity index (χ3n) is 3.83. The minimum absolute atomic E-state index is 0.0478. The molecule has 2 N–H and O–H groups in total. The number of nitrogens with two attached hydrogens (primary N) is 1. The second-order valence-corrected chi connectivity index (χ2v) is 7.90. The Kier molecular flexibility index (Phi) is 4.63. The lowest BCUT2D eigenvalue weighted by Crippen LogP contribution is -2.25. The Morgan fingerprint density at radius 1 is 1.37 bits per heavy atom. The molecule has 0 saturated heterocycles. The van der Waals surface area contributed by atoms with E-state index in [9.17, 15) is 8.42 Å². The summed E-state index contributed by atoms with van der Waals surface area (Å²) < 4.78 is 24.3. The zero-order chi connectivity index (χ0) is 13.9. The maximum atomic E-state index is 12.2. The maximum Gasteiger partial charge on any atom is 0.150 e. The number of hydrogen-bond donors (Lipinski definition) is 1. The number of aryl methyl sites for hydroxylation is 1. The molecule has 4 heteroatoms. The Morgan fingerprint density at radius 2 is 2.11 bits per heavy atom. The summed E-state index contributed by atoms with van der Waals surface area (Å²) in [5.74, 6) is 0.656. The molecule has 2 rings (SSSR count). The highest BCUT2D eigenvalue weighted by Gasteiger charge is 2.25. The summed E-state index contributed by atoms with van der Waals surface area (Å²) >= 11 is 0. The van der Waals surface area contributed by atoms with E-state index in [1.165, 1.54) is 11.1 Å². The van der Waals surface area contributed by atoms with E-state index in [1.54, 1.807) is 0 Å². The van der Waals surface area contributed by atoms with Crippen LogP contribution in [0.15, 0.2) is 24.3 Å². The van der Waals surface area contributed by atoms with Crippen molar-refractivity contribution in [2.45, 2.75) is 44.6 Å². The van der Waals surface area contributed by atoms with Gasteiger partial charge in [0.2, 0.25) is 0 Å². The molecular weight excluding hydrogens is 258 g/mol. The van der Waals surface area contributed by atoms with Gasteiger partial charge in [-0.15, -0.1) is 0 Å². The van der Waals surface area contributed by atoms with Crippen molar-refractivity contribution < 1.29 is 8.42 Å². The molecule has 1 aliphatic carbocycles. The van der Waals surface area contributed by atoms with Crippen molar-refractivity contribution in [1.82, 2.24) is 0 Å². The van der Waals surface area contributed by atoms with Crippen LogP contribution >= 0.6 is 0 Å². The van der Waals surface area contributed by atoms with E-state index >= 15 is 0 Å². The van der Waals surface area contributed by atoms with Crippen LogP contribution in [0.25, 0.3) is 0 Å². The molecule has 0 fully saturated rings. The first-order chi connectivity index (χ1) is 8.98. The minimum atomic E-state index is -3.00. The zero-order valence-corrected chi connectivity index (χ0v) is 12.3. The number of sulfone groups is 1. The Hall–Kier alpha value is -0.870. The smallest absolute Gasteiger partial charge is 0.150 e. The Morgan fingerprint density at radius 3 is 2.84 bits per heavy atom. The lowest BCUT2D eigenvalue weighted by molar-refractivity contribution is 0.554. The largest absolute Gasteiger partial charge is 0.328 e. The van der Waals surface area contributed by atoms with Crippen molar-refractivity contribution in [3.05, 3.63) is 35.4 Å². The Balaban J connectivity index is 2.08. The quantitative estimate of drug-likeness (QED) is 0.900. The topological polar surface area (TPSA) is 60.2 Å². The van der Waals surface area contributed by atoms with Crippen LogP contribution in [0.2, 0.25) is 0 Å². The van der Waals surface area contributed by atoms with E-state index in [2.05, 4.69) is 12.1 Å². The van der Waals surface area contributed by atoms with Crippen LogP contribution in [0, 0.1) is 0 Å². The van der Waals surface area contributed by atoms with Crippen LogP contribution in [0.1, 0.15) is 43.2 Å². The van der Waals surface area contributed by atoms with Crippen molar-refractivity contribution >= 4 is 9.84 Å². The fourth-order valence-electron chi connectivity index (χ4n) is 2.78. The highest BCUT2D eigenvalue weighted by Crippen LogP contribution is 2.32. The Bertz CT molecular complexity index is 523. The predicted molar refractivity (Wildman–Crippen MR) is 79.0 cm³/mol. The molecule has 0 heterocycles. The van der Waals surface area contributed by atoms with Gasteiger partial charge in [-0.05, 0) is 49.7 Å². The molecular formula is C15H23NO2S. The number of hydrogen-bond acceptors (Lipinski definition) is 3. The fraction of sp³-hybridized carbons (Fsp3) is 0.600. The van der Waals surface area contributed by atoms with Crippen molar-refractivity contribution in [2.75, 3.05) is 11.5 Å². The van der Waals surface area contributed by atoms with Gasteiger partial charge in [0.05, 0.1) is 11.5 Å². The van der Waals surface area contributed by atoms with Crippen molar-refractivity contribution in [3.8, 4) is 0 Å². The summed E-state index contributed by atoms with van der Waals surface area (Å²) in [6.07, 6.45) is 3.70. The van der Waals surface area contributed by atoms with Gasteiger partial charge in [0.25, 0.3) is 0 Å². The highest BCUT2D eigenvalue weighted by molar-refractivity contribution is 7.91. The first-order valence-corrected chi connectivity index (χ1v) is 8.84. The summed E-state index contributed by atoms with van der Waals surface area (Å²) in [7, 11) is -3.00. The normalized spacial score (nSPS) is 20.8. The van der Waals surface area contributed by atoms with Crippen LogP contribution in [-0.4, -0.2) is 26.0 Å². The molecule has 3 nitrogen and oxygen atoms in total. The summed E-state index contributed by atoms with van der Waals surface area (Å²) in [6, 6.07) is 8.20.